The molecule has 0 saturated heterocycles. The van der Waals surface area contributed by atoms with Crippen molar-refractivity contribution in [2.75, 3.05) is 27.3 Å². The predicted octanol–water partition coefficient (Wildman–Crippen LogP) is 4.32. The van der Waals surface area contributed by atoms with Crippen molar-refractivity contribution in [1.29, 1.82) is 0 Å². The molecule has 4 aromatic rings. The van der Waals surface area contributed by atoms with E-state index in [1.807, 2.05) is 54.7 Å². The Morgan fingerprint density at radius 1 is 1.00 bits per heavy atom. The molecule has 0 radical (unpaired) electrons. The fourth-order valence-corrected chi connectivity index (χ4v) is 4.98. The third kappa shape index (κ3) is 5.87. The van der Waals surface area contributed by atoms with E-state index in [1.165, 1.54) is 32.3 Å². The molecule has 0 saturated carbocycles. The van der Waals surface area contributed by atoms with Gasteiger partial charge >= 0.3 is 5.97 Å². The van der Waals surface area contributed by atoms with Crippen LogP contribution in [-0.4, -0.2) is 55.8 Å². The molecule has 0 unspecified atom stereocenters. The van der Waals surface area contributed by atoms with Gasteiger partial charge in [0.15, 0.2) is 11.5 Å². The van der Waals surface area contributed by atoms with Gasteiger partial charge in [-0.2, -0.15) is 5.10 Å². The van der Waals surface area contributed by atoms with Gasteiger partial charge in [-0.25, -0.2) is 22.2 Å². The topological polar surface area (TPSA) is 100.0 Å². The minimum atomic E-state index is -3.59. The molecule has 200 valence electrons. The van der Waals surface area contributed by atoms with E-state index in [4.69, 9.17) is 19.3 Å². The van der Waals surface area contributed by atoms with Crippen LogP contribution in [0.15, 0.2) is 90.0 Å². The summed E-state index contributed by atoms with van der Waals surface area (Å²) >= 11 is 0. The fraction of sp³-hybridized carbons (Fsp3) is 0.172. The van der Waals surface area contributed by atoms with Crippen LogP contribution < -0.4 is 9.47 Å². The van der Waals surface area contributed by atoms with Crippen molar-refractivity contribution in [3.8, 4) is 28.4 Å². The number of sulfonamides is 1. The first-order valence-electron chi connectivity index (χ1n) is 12.2. The molecule has 1 aliphatic rings. The van der Waals surface area contributed by atoms with Gasteiger partial charge < -0.3 is 14.2 Å². The summed E-state index contributed by atoms with van der Waals surface area (Å²) in [5, 5.41) is 4.77. The molecule has 1 aliphatic heterocycles. The zero-order chi connectivity index (χ0) is 27.4. The monoisotopic (exact) mass is 545 g/mol. The van der Waals surface area contributed by atoms with E-state index < -0.39 is 16.0 Å². The molecule has 1 aromatic heterocycles. The van der Waals surface area contributed by atoms with E-state index in [2.05, 4.69) is 0 Å². The van der Waals surface area contributed by atoms with Crippen LogP contribution >= 0.6 is 0 Å². The van der Waals surface area contributed by atoms with E-state index in [0.717, 1.165) is 15.6 Å². The number of aromatic nitrogens is 2. The van der Waals surface area contributed by atoms with Gasteiger partial charge in [0.2, 0.25) is 10.0 Å². The quantitative estimate of drug-likeness (QED) is 0.240. The average Bonchev–Trinajstić information content (AvgIpc) is 3.39. The molecule has 9 nitrogen and oxygen atoms in total. The molecule has 2 heterocycles. The largest absolute Gasteiger partial charge is 0.486 e. The minimum absolute atomic E-state index is 0.0712. The summed E-state index contributed by atoms with van der Waals surface area (Å²) in [6.07, 6.45) is 4.81. The van der Waals surface area contributed by atoms with Crippen LogP contribution in [0.25, 0.3) is 23.0 Å². The summed E-state index contributed by atoms with van der Waals surface area (Å²) in [7, 11) is -0.661. The Morgan fingerprint density at radius 3 is 2.54 bits per heavy atom. The molecule has 0 aliphatic carbocycles. The Bertz CT molecular complexity index is 1630. The fourth-order valence-electron chi connectivity index (χ4n) is 4.00. The first kappa shape index (κ1) is 26.2. The lowest BCUT2D eigenvalue weighted by Crippen LogP contribution is -2.22. The molecule has 0 N–H and O–H groups in total. The van der Waals surface area contributed by atoms with E-state index in [9.17, 15) is 13.2 Å². The highest BCUT2D eigenvalue weighted by Crippen LogP contribution is 2.35. The number of carbonyl (C=O) groups excluding carboxylic acids is 1. The number of fused-ring (bicyclic) bond motifs is 1. The van der Waals surface area contributed by atoms with Gasteiger partial charge in [-0.1, -0.05) is 30.3 Å². The molecule has 0 spiro atoms. The standard InChI is InChI=1S/C29H27N3O6S/c1-31(2)39(34,35)25-10-6-7-21(17-25)20-38-28(33)14-12-23-19-32(24-8-4-3-5-9-24)30-29(23)22-11-13-26-27(18-22)37-16-15-36-26/h3-14,17-19H,15-16,20H2,1-2H3/b14-12+. The Balaban J connectivity index is 1.37. The van der Waals surface area contributed by atoms with Gasteiger partial charge in [0.1, 0.15) is 25.5 Å². The maximum Gasteiger partial charge on any atom is 0.331 e. The molecule has 39 heavy (non-hydrogen) atoms. The van der Waals surface area contributed by atoms with Crippen LogP contribution in [-0.2, 0) is 26.2 Å². The zero-order valence-electron chi connectivity index (χ0n) is 21.5. The van der Waals surface area contributed by atoms with E-state index >= 15 is 0 Å². The first-order chi connectivity index (χ1) is 18.8. The predicted molar refractivity (Wildman–Crippen MR) is 146 cm³/mol. The number of nitrogens with zero attached hydrogens (tertiary/aromatic N) is 3. The van der Waals surface area contributed by atoms with E-state index in [-0.39, 0.29) is 11.5 Å². The zero-order valence-corrected chi connectivity index (χ0v) is 22.3. The molecule has 0 fully saturated rings. The van der Waals surface area contributed by atoms with Gasteiger partial charge in [-0.15, -0.1) is 0 Å². The second-order valence-electron chi connectivity index (χ2n) is 8.95. The summed E-state index contributed by atoms with van der Waals surface area (Å²) in [4.78, 5) is 12.7. The lowest BCUT2D eigenvalue weighted by Gasteiger charge is -2.18. The van der Waals surface area contributed by atoms with Gasteiger partial charge in [0.05, 0.1) is 10.6 Å². The smallest absolute Gasteiger partial charge is 0.331 e. The molecule has 5 rings (SSSR count). The lowest BCUT2D eigenvalue weighted by atomic mass is 10.1. The van der Waals surface area contributed by atoms with Crippen molar-refractivity contribution in [3.63, 3.8) is 0 Å². The normalized spacial score (nSPS) is 13.1. The van der Waals surface area contributed by atoms with Gasteiger partial charge in [-0.3, -0.25) is 0 Å². The van der Waals surface area contributed by atoms with Crippen molar-refractivity contribution in [1.82, 2.24) is 14.1 Å². The van der Waals surface area contributed by atoms with E-state index in [0.29, 0.717) is 41.5 Å². The van der Waals surface area contributed by atoms with Crippen LogP contribution in [0.1, 0.15) is 11.1 Å². The van der Waals surface area contributed by atoms with Crippen molar-refractivity contribution in [2.24, 2.45) is 0 Å². The van der Waals surface area contributed by atoms with Gasteiger partial charge in [-0.05, 0) is 54.1 Å². The number of esters is 1. The Morgan fingerprint density at radius 2 is 1.77 bits per heavy atom. The van der Waals surface area contributed by atoms with Crippen LogP contribution in [0.3, 0.4) is 0 Å². The molecule has 3 aromatic carbocycles. The summed E-state index contributed by atoms with van der Waals surface area (Å²) < 4.78 is 44.4. The van der Waals surface area contributed by atoms with Crippen molar-refractivity contribution in [2.45, 2.75) is 11.5 Å². The highest BCUT2D eigenvalue weighted by atomic mass is 32.2. The van der Waals surface area contributed by atoms with Crippen LogP contribution in [0.2, 0.25) is 0 Å². The van der Waals surface area contributed by atoms with Gasteiger partial charge in [0, 0.05) is 37.5 Å². The summed E-state index contributed by atoms with van der Waals surface area (Å²) in [5.41, 5.74) is 3.59. The van der Waals surface area contributed by atoms with Crippen LogP contribution in [0.5, 0.6) is 11.5 Å². The molecule has 10 heteroatoms. The van der Waals surface area contributed by atoms with Gasteiger partial charge in [0.25, 0.3) is 0 Å². The number of hydrogen-bond acceptors (Lipinski definition) is 7. The number of rotatable bonds is 8. The lowest BCUT2D eigenvalue weighted by molar-refractivity contribution is -0.138. The highest BCUT2D eigenvalue weighted by molar-refractivity contribution is 7.89. The molecular formula is C29H27N3O6S. The van der Waals surface area contributed by atoms with Crippen molar-refractivity contribution < 1.29 is 27.4 Å². The Hall–Kier alpha value is -4.41. The first-order valence-corrected chi connectivity index (χ1v) is 13.7. The van der Waals surface area contributed by atoms with Crippen LogP contribution in [0, 0.1) is 0 Å². The molecule has 0 bridgehead atoms. The average molecular weight is 546 g/mol. The minimum Gasteiger partial charge on any atom is -0.486 e. The van der Waals surface area contributed by atoms with Crippen molar-refractivity contribution in [3.05, 3.63) is 96.2 Å². The number of para-hydroxylation sites is 1. The van der Waals surface area contributed by atoms with E-state index in [1.54, 1.807) is 22.9 Å². The number of carbonyl (C=O) groups is 1. The maximum atomic E-state index is 12.6. The third-order valence-corrected chi connectivity index (χ3v) is 7.85. The second-order valence-corrected chi connectivity index (χ2v) is 11.1. The molecular weight excluding hydrogens is 518 g/mol. The number of hydrogen-bond donors (Lipinski definition) is 0. The van der Waals surface area contributed by atoms with Crippen LogP contribution in [0.4, 0.5) is 0 Å². The molecule has 0 atom stereocenters. The van der Waals surface area contributed by atoms with Crippen molar-refractivity contribution >= 4 is 22.1 Å². The third-order valence-electron chi connectivity index (χ3n) is 6.04. The SMILES string of the molecule is CN(C)S(=O)(=O)c1cccc(COC(=O)/C=C/c2cn(-c3ccccc3)nc2-c2ccc3c(c2)OCCO3)c1. The molecule has 0 amide bonds. The highest BCUT2D eigenvalue weighted by Gasteiger charge is 2.18. The number of benzene rings is 3. The second kappa shape index (κ2) is 11.1. The summed E-state index contributed by atoms with van der Waals surface area (Å²) in [6, 6.07) is 21.6. The summed E-state index contributed by atoms with van der Waals surface area (Å²) in [5.74, 6) is 0.743. The Kier molecular flexibility index (Phi) is 7.49. The maximum absolute atomic E-state index is 12.6. The number of ether oxygens (including phenoxy) is 3. The Labute approximate surface area is 226 Å². The summed E-state index contributed by atoms with van der Waals surface area (Å²) in [6.45, 7) is 0.899.